The zero-order chi connectivity index (χ0) is 38.6. The van der Waals surface area contributed by atoms with Gasteiger partial charge in [-0.05, 0) is 91.0 Å². The molecule has 0 unspecified atom stereocenters. The smallest absolute Gasteiger partial charge is 0.0576 e. The van der Waals surface area contributed by atoms with Gasteiger partial charge in [0.15, 0.2) is 0 Å². The van der Waals surface area contributed by atoms with Gasteiger partial charge in [0, 0.05) is 75.8 Å². The third-order valence-corrected chi connectivity index (χ3v) is 13.2. The lowest BCUT2D eigenvalue weighted by Gasteiger charge is -2.28. The Bertz CT molecular complexity index is 3290. The third-order valence-electron chi connectivity index (χ3n) is 12.1. The van der Waals surface area contributed by atoms with E-state index in [2.05, 4.69) is 225 Å². The molecule has 9 aromatic carbocycles. The second kappa shape index (κ2) is 12.4. The van der Waals surface area contributed by atoms with E-state index >= 15 is 0 Å². The maximum atomic E-state index is 2.47. The summed E-state index contributed by atoms with van der Waals surface area (Å²) in [7, 11) is 0. The van der Waals surface area contributed by atoms with Crippen LogP contribution in [0.1, 0.15) is 0 Å². The average molecular weight is 771 g/mol. The number of aromatic nitrogens is 2. The van der Waals surface area contributed by atoms with Crippen LogP contribution in [0.5, 0.6) is 0 Å². The Labute approximate surface area is 344 Å². The fourth-order valence-corrected chi connectivity index (χ4v) is 11.0. The van der Waals surface area contributed by atoms with E-state index in [9.17, 15) is 0 Å². The number of hydrogen-bond donors (Lipinski definition) is 0. The van der Waals surface area contributed by atoms with Crippen LogP contribution in [0, 0.1) is 0 Å². The molecule has 12 aromatic rings. The van der Waals surface area contributed by atoms with Gasteiger partial charge in [-0.3, -0.25) is 0 Å². The first-order valence-corrected chi connectivity index (χ1v) is 20.9. The number of thiophene rings is 1. The Hall–Kier alpha value is -7.60. The van der Waals surface area contributed by atoms with Crippen molar-refractivity contribution in [2.24, 2.45) is 0 Å². The minimum atomic E-state index is 1.10. The molecule has 0 radical (unpaired) electrons. The van der Waals surface area contributed by atoms with Crippen LogP contribution >= 0.6 is 11.3 Å². The van der Waals surface area contributed by atoms with Crippen molar-refractivity contribution in [2.45, 2.75) is 0 Å². The van der Waals surface area contributed by atoms with E-state index in [1.165, 1.54) is 63.8 Å². The molecule has 4 nitrogen and oxygen atoms in total. The average Bonchev–Trinajstić information content (AvgIpc) is 3.95. The van der Waals surface area contributed by atoms with Crippen molar-refractivity contribution < 1.29 is 0 Å². The maximum absolute atomic E-state index is 2.47. The van der Waals surface area contributed by atoms with Crippen molar-refractivity contribution in [1.29, 1.82) is 0 Å². The highest BCUT2D eigenvalue weighted by Gasteiger charge is 2.28. The largest absolute Gasteiger partial charge is 0.310 e. The number of anilines is 6. The molecule has 3 aromatic heterocycles. The summed E-state index contributed by atoms with van der Waals surface area (Å²) in [4.78, 5) is 4.93. The fourth-order valence-electron chi connectivity index (χ4n) is 9.75. The van der Waals surface area contributed by atoms with E-state index < -0.39 is 0 Å². The lowest BCUT2D eigenvalue weighted by atomic mass is 10.0. The first-order valence-electron chi connectivity index (χ1n) is 20.1. The Balaban J connectivity index is 1.22. The van der Waals surface area contributed by atoms with Crippen LogP contribution in [-0.2, 0) is 0 Å². The molecule has 2 bridgehead atoms. The van der Waals surface area contributed by atoms with E-state index in [1.807, 2.05) is 11.3 Å². The summed E-state index contributed by atoms with van der Waals surface area (Å²) in [5.74, 6) is 0. The Morgan fingerprint density at radius 3 is 1.00 bits per heavy atom. The van der Waals surface area contributed by atoms with Crippen molar-refractivity contribution in [1.82, 2.24) is 9.13 Å². The summed E-state index contributed by atoms with van der Waals surface area (Å²) in [6.45, 7) is 0. The van der Waals surface area contributed by atoms with Crippen LogP contribution in [-0.4, -0.2) is 9.13 Å². The standard InChI is InChI=1S/C54H34N4S/c1-3-16-35(17-4-1)55-37-20-15-21-38(30-37)56(36-18-5-2-6-19-36)50-32-40(58-47-28-13-9-24-43(47)44-25-10-14-29-48(44)58)34-52-54(50)53-49(55)31-39(33-51(53)59-52)57-45-26-11-7-22-41(45)42-23-8-12-27-46(42)57/h1-34H. The molecular formula is C54H34N4S. The predicted molar refractivity (Wildman–Crippen MR) is 251 cm³/mol. The molecule has 0 N–H and O–H groups in total. The fraction of sp³-hybridized carbons (Fsp3) is 0. The SMILES string of the molecule is c1ccc(N2c3cccc(c3)N(c3ccccc3)c3cc(-n4c5ccccc5c5ccccc54)cc4sc5cc(-n6c7ccccc7c7ccccc76)cc2c5c34)cc1. The van der Waals surface area contributed by atoms with Crippen molar-refractivity contribution in [3.8, 4) is 11.4 Å². The van der Waals surface area contributed by atoms with E-state index in [4.69, 9.17) is 0 Å². The van der Waals surface area contributed by atoms with Crippen LogP contribution in [0.2, 0.25) is 0 Å². The summed E-state index contributed by atoms with van der Waals surface area (Å²) in [5, 5.41) is 7.49. The minimum absolute atomic E-state index is 1.10. The van der Waals surface area contributed by atoms with Gasteiger partial charge in [-0.1, -0.05) is 115 Å². The predicted octanol–water partition coefficient (Wildman–Crippen LogP) is 15.5. The Morgan fingerprint density at radius 1 is 0.271 bits per heavy atom. The van der Waals surface area contributed by atoms with Gasteiger partial charge in [-0.15, -0.1) is 11.3 Å². The van der Waals surface area contributed by atoms with Crippen LogP contribution in [0.15, 0.2) is 206 Å². The lowest BCUT2D eigenvalue weighted by molar-refractivity contribution is 1.18. The quantitative estimate of drug-likeness (QED) is 0.177. The first-order chi connectivity index (χ1) is 29.3. The molecular weight excluding hydrogens is 737 g/mol. The summed E-state index contributed by atoms with van der Waals surface area (Å²) < 4.78 is 7.38. The molecule has 0 atom stereocenters. The van der Waals surface area contributed by atoms with Gasteiger partial charge in [-0.25, -0.2) is 0 Å². The second-order valence-corrected chi connectivity index (χ2v) is 16.5. The van der Waals surface area contributed by atoms with Crippen LogP contribution < -0.4 is 9.80 Å². The van der Waals surface area contributed by atoms with Gasteiger partial charge in [0.1, 0.15) is 0 Å². The van der Waals surface area contributed by atoms with Gasteiger partial charge in [0.25, 0.3) is 0 Å². The van der Waals surface area contributed by atoms with Gasteiger partial charge >= 0.3 is 0 Å². The van der Waals surface area contributed by atoms with Crippen LogP contribution in [0.25, 0.3) is 75.2 Å². The van der Waals surface area contributed by atoms with E-state index in [0.29, 0.717) is 0 Å². The molecule has 0 fully saturated rings. The molecule has 13 rings (SSSR count). The molecule has 0 amide bonds. The summed E-state index contributed by atoms with van der Waals surface area (Å²) in [6, 6.07) is 75.7. The van der Waals surface area contributed by atoms with E-state index in [0.717, 1.165) is 45.5 Å². The summed E-state index contributed by atoms with van der Waals surface area (Å²) in [5.41, 5.74) is 13.8. The zero-order valence-corrected chi connectivity index (χ0v) is 32.6. The second-order valence-electron chi connectivity index (χ2n) is 15.4. The highest BCUT2D eigenvalue weighted by atomic mass is 32.1. The molecule has 0 saturated heterocycles. The molecule has 1 aliphatic rings. The van der Waals surface area contributed by atoms with Crippen molar-refractivity contribution in [2.75, 3.05) is 9.80 Å². The topological polar surface area (TPSA) is 16.3 Å². The molecule has 1 aliphatic heterocycles. The molecule has 0 aliphatic carbocycles. The zero-order valence-electron chi connectivity index (χ0n) is 31.8. The highest BCUT2D eigenvalue weighted by Crippen LogP contribution is 2.54. The monoisotopic (exact) mass is 770 g/mol. The lowest BCUT2D eigenvalue weighted by Crippen LogP contribution is -2.12. The molecule has 276 valence electrons. The van der Waals surface area contributed by atoms with Crippen LogP contribution in [0.4, 0.5) is 34.1 Å². The van der Waals surface area contributed by atoms with E-state index in [-0.39, 0.29) is 0 Å². The summed E-state index contributed by atoms with van der Waals surface area (Å²) >= 11 is 1.89. The number of nitrogens with zero attached hydrogens (tertiary/aromatic N) is 4. The highest BCUT2D eigenvalue weighted by molar-refractivity contribution is 7.26. The van der Waals surface area contributed by atoms with Crippen LogP contribution in [0.3, 0.4) is 0 Å². The van der Waals surface area contributed by atoms with Crippen molar-refractivity contribution >= 4 is 109 Å². The van der Waals surface area contributed by atoms with Gasteiger partial charge in [-0.2, -0.15) is 0 Å². The van der Waals surface area contributed by atoms with Gasteiger partial charge < -0.3 is 18.9 Å². The minimum Gasteiger partial charge on any atom is -0.310 e. The van der Waals surface area contributed by atoms with Crippen molar-refractivity contribution in [3.63, 3.8) is 0 Å². The number of benzene rings is 9. The molecule has 4 heterocycles. The number of rotatable bonds is 4. The maximum Gasteiger partial charge on any atom is 0.0576 e. The molecule has 5 heteroatoms. The molecule has 0 saturated carbocycles. The van der Waals surface area contributed by atoms with Gasteiger partial charge in [0.05, 0.1) is 33.4 Å². The summed E-state index contributed by atoms with van der Waals surface area (Å²) in [6.07, 6.45) is 0. The first kappa shape index (κ1) is 32.5. The third kappa shape index (κ3) is 4.71. The van der Waals surface area contributed by atoms with E-state index in [1.54, 1.807) is 0 Å². The van der Waals surface area contributed by atoms with Gasteiger partial charge in [0.2, 0.25) is 0 Å². The number of para-hydroxylation sites is 6. The molecule has 0 spiro atoms. The Kier molecular flexibility index (Phi) is 6.85. The number of hydrogen-bond acceptors (Lipinski definition) is 3. The molecule has 59 heavy (non-hydrogen) atoms. The number of fused-ring (bicyclic) bond motifs is 8. The normalized spacial score (nSPS) is 12.7. The Morgan fingerprint density at radius 2 is 0.610 bits per heavy atom. The van der Waals surface area contributed by atoms with Crippen molar-refractivity contribution in [3.05, 3.63) is 206 Å².